The maximum absolute atomic E-state index is 13.4. The molecule has 0 saturated heterocycles. The molecule has 3 aromatic rings. The summed E-state index contributed by atoms with van der Waals surface area (Å²) in [7, 11) is 0. The van der Waals surface area contributed by atoms with Crippen LogP contribution in [-0.2, 0) is 6.18 Å². The SMILES string of the molecule is O=C(Nc1ccc(NC(=O)c2cccs2)c(C(F)(F)F)c1)c1ccco1. The van der Waals surface area contributed by atoms with Gasteiger partial charge in [0.25, 0.3) is 11.8 Å². The quantitative estimate of drug-likeness (QED) is 0.679. The van der Waals surface area contributed by atoms with Gasteiger partial charge in [-0.3, -0.25) is 9.59 Å². The molecule has 0 saturated carbocycles. The highest BCUT2D eigenvalue weighted by molar-refractivity contribution is 7.12. The van der Waals surface area contributed by atoms with Crippen LogP contribution in [0.25, 0.3) is 0 Å². The van der Waals surface area contributed by atoms with Crippen molar-refractivity contribution in [1.82, 2.24) is 0 Å². The molecule has 0 radical (unpaired) electrons. The summed E-state index contributed by atoms with van der Waals surface area (Å²) in [5.74, 6) is -1.36. The van der Waals surface area contributed by atoms with Crippen molar-refractivity contribution in [3.05, 3.63) is 70.3 Å². The van der Waals surface area contributed by atoms with E-state index in [4.69, 9.17) is 4.42 Å². The zero-order valence-electron chi connectivity index (χ0n) is 13.0. The lowest BCUT2D eigenvalue weighted by Crippen LogP contribution is -2.17. The molecule has 0 fully saturated rings. The van der Waals surface area contributed by atoms with Gasteiger partial charge in [-0.2, -0.15) is 13.2 Å². The smallest absolute Gasteiger partial charge is 0.418 e. The van der Waals surface area contributed by atoms with Crippen molar-refractivity contribution in [3.8, 4) is 0 Å². The van der Waals surface area contributed by atoms with Gasteiger partial charge in [0.2, 0.25) is 0 Å². The van der Waals surface area contributed by atoms with Crippen molar-refractivity contribution in [2.24, 2.45) is 0 Å². The molecule has 0 spiro atoms. The molecule has 0 aliphatic carbocycles. The highest BCUT2D eigenvalue weighted by Crippen LogP contribution is 2.37. The number of thiophene rings is 1. The predicted molar refractivity (Wildman–Crippen MR) is 90.4 cm³/mol. The fourth-order valence-electron chi connectivity index (χ4n) is 2.16. The van der Waals surface area contributed by atoms with Gasteiger partial charge in [0.1, 0.15) is 0 Å². The van der Waals surface area contributed by atoms with Gasteiger partial charge in [0.05, 0.1) is 22.4 Å². The second-order valence-electron chi connectivity index (χ2n) is 5.12. The Hall–Kier alpha value is -3.07. The second kappa shape index (κ2) is 7.04. The lowest BCUT2D eigenvalue weighted by atomic mass is 10.1. The first-order valence-corrected chi connectivity index (χ1v) is 8.13. The average Bonchev–Trinajstić information content (AvgIpc) is 3.29. The van der Waals surface area contributed by atoms with Gasteiger partial charge in [-0.05, 0) is 41.8 Å². The minimum Gasteiger partial charge on any atom is -0.459 e. The summed E-state index contributed by atoms with van der Waals surface area (Å²) >= 11 is 1.11. The topological polar surface area (TPSA) is 71.3 Å². The third-order valence-corrected chi connectivity index (χ3v) is 4.19. The van der Waals surface area contributed by atoms with Crippen LogP contribution >= 0.6 is 11.3 Å². The molecule has 2 amide bonds. The molecule has 3 rings (SSSR count). The molecule has 26 heavy (non-hydrogen) atoms. The number of furan rings is 1. The third kappa shape index (κ3) is 3.94. The number of benzene rings is 1. The van der Waals surface area contributed by atoms with Crippen LogP contribution in [0.15, 0.2) is 58.5 Å². The fourth-order valence-corrected chi connectivity index (χ4v) is 2.78. The standard InChI is InChI=1S/C17H11F3N2O3S/c18-17(19,20)11-9-10(21-15(23)13-3-1-7-25-13)5-6-12(11)22-16(24)14-4-2-8-26-14/h1-9H,(H,21,23)(H,22,24). The number of carbonyl (C=O) groups is 2. The number of carbonyl (C=O) groups excluding carboxylic acids is 2. The number of halogens is 3. The summed E-state index contributed by atoms with van der Waals surface area (Å²) in [6.45, 7) is 0. The van der Waals surface area contributed by atoms with Gasteiger partial charge >= 0.3 is 6.18 Å². The van der Waals surface area contributed by atoms with Gasteiger partial charge in [-0.1, -0.05) is 6.07 Å². The molecule has 2 aromatic heterocycles. The largest absolute Gasteiger partial charge is 0.459 e. The number of anilines is 2. The molecular formula is C17H11F3N2O3S. The maximum Gasteiger partial charge on any atom is 0.418 e. The summed E-state index contributed by atoms with van der Waals surface area (Å²) in [6, 6.07) is 9.11. The van der Waals surface area contributed by atoms with E-state index in [0.29, 0.717) is 0 Å². The molecule has 0 bridgehead atoms. The molecule has 0 aliphatic heterocycles. The minimum atomic E-state index is -4.72. The molecule has 0 aliphatic rings. The van der Waals surface area contributed by atoms with Gasteiger partial charge < -0.3 is 15.1 Å². The molecule has 2 heterocycles. The predicted octanol–water partition coefficient (Wildman–Crippen LogP) is 4.86. The van der Waals surface area contributed by atoms with Crippen LogP contribution in [0.1, 0.15) is 25.8 Å². The number of alkyl halides is 3. The normalized spacial score (nSPS) is 11.2. The van der Waals surface area contributed by atoms with E-state index in [9.17, 15) is 22.8 Å². The van der Waals surface area contributed by atoms with E-state index >= 15 is 0 Å². The monoisotopic (exact) mass is 380 g/mol. The van der Waals surface area contributed by atoms with Gasteiger partial charge in [0.15, 0.2) is 5.76 Å². The third-order valence-electron chi connectivity index (χ3n) is 3.32. The lowest BCUT2D eigenvalue weighted by molar-refractivity contribution is -0.136. The highest BCUT2D eigenvalue weighted by Gasteiger charge is 2.34. The average molecular weight is 380 g/mol. The highest BCUT2D eigenvalue weighted by atomic mass is 32.1. The second-order valence-corrected chi connectivity index (χ2v) is 6.07. The Kier molecular flexibility index (Phi) is 4.81. The molecule has 0 atom stereocenters. The Morgan fingerprint density at radius 3 is 2.42 bits per heavy atom. The van der Waals surface area contributed by atoms with E-state index in [-0.39, 0.29) is 16.3 Å². The van der Waals surface area contributed by atoms with E-state index < -0.39 is 29.2 Å². The Bertz CT molecular complexity index is 919. The summed E-state index contributed by atoms with van der Waals surface area (Å²) < 4.78 is 44.9. The first kappa shape index (κ1) is 17.7. The molecule has 1 aromatic carbocycles. The zero-order valence-corrected chi connectivity index (χ0v) is 13.8. The lowest BCUT2D eigenvalue weighted by Gasteiger charge is -2.15. The van der Waals surface area contributed by atoms with E-state index in [1.807, 2.05) is 0 Å². The molecule has 5 nitrogen and oxygen atoms in total. The van der Waals surface area contributed by atoms with Crippen LogP contribution in [-0.4, -0.2) is 11.8 Å². The van der Waals surface area contributed by atoms with Crippen molar-refractivity contribution < 1.29 is 27.2 Å². The van der Waals surface area contributed by atoms with Crippen molar-refractivity contribution in [3.63, 3.8) is 0 Å². The number of hydrogen-bond donors (Lipinski definition) is 2. The zero-order chi connectivity index (χ0) is 18.7. The van der Waals surface area contributed by atoms with Gasteiger partial charge in [-0.25, -0.2) is 0 Å². The van der Waals surface area contributed by atoms with Crippen LogP contribution in [0.5, 0.6) is 0 Å². The minimum absolute atomic E-state index is 0.0337. The van der Waals surface area contributed by atoms with E-state index in [0.717, 1.165) is 23.5 Å². The first-order valence-electron chi connectivity index (χ1n) is 7.25. The van der Waals surface area contributed by atoms with Crippen LogP contribution in [0.3, 0.4) is 0 Å². The molecule has 0 unspecified atom stereocenters. The number of amides is 2. The number of hydrogen-bond acceptors (Lipinski definition) is 4. The Morgan fingerprint density at radius 2 is 1.81 bits per heavy atom. The number of nitrogens with one attached hydrogen (secondary N) is 2. The van der Waals surface area contributed by atoms with E-state index in [1.165, 1.54) is 30.5 Å². The number of rotatable bonds is 4. The molecular weight excluding hydrogens is 369 g/mol. The molecule has 2 N–H and O–H groups in total. The van der Waals surface area contributed by atoms with Gasteiger partial charge in [-0.15, -0.1) is 11.3 Å². The van der Waals surface area contributed by atoms with Crippen LogP contribution in [0.2, 0.25) is 0 Å². The van der Waals surface area contributed by atoms with E-state index in [1.54, 1.807) is 11.4 Å². The van der Waals surface area contributed by atoms with Crippen LogP contribution < -0.4 is 10.6 Å². The maximum atomic E-state index is 13.4. The molecule has 9 heteroatoms. The Labute approximate surface area is 149 Å². The van der Waals surface area contributed by atoms with Crippen molar-refractivity contribution >= 4 is 34.5 Å². The van der Waals surface area contributed by atoms with Gasteiger partial charge in [0, 0.05) is 5.69 Å². The Morgan fingerprint density at radius 1 is 1.00 bits per heavy atom. The summed E-state index contributed by atoms with van der Waals surface area (Å²) in [6.07, 6.45) is -3.44. The van der Waals surface area contributed by atoms with E-state index in [2.05, 4.69) is 10.6 Å². The van der Waals surface area contributed by atoms with Crippen LogP contribution in [0.4, 0.5) is 24.5 Å². The molecule has 134 valence electrons. The summed E-state index contributed by atoms with van der Waals surface area (Å²) in [5, 5.41) is 6.22. The van der Waals surface area contributed by atoms with Crippen molar-refractivity contribution in [2.45, 2.75) is 6.18 Å². The fraction of sp³-hybridized carbons (Fsp3) is 0.0588. The van der Waals surface area contributed by atoms with Crippen molar-refractivity contribution in [2.75, 3.05) is 10.6 Å². The first-order chi connectivity index (χ1) is 12.3. The summed E-state index contributed by atoms with van der Waals surface area (Å²) in [5.41, 5.74) is -1.54. The summed E-state index contributed by atoms with van der Waals surface area (Å²) in [4.78, 5) is 24.2. The van der Waals surface area contributed by atoms with Crippen molar-refractivity contribution in [1.29, 1.82) is 0 Å². The van der Waals surface area contributed by atoms with Crippen LogP contribution in [0, 0.1) is 0 Å². The Balaban J connectivity index is 1.86.